The van der Waals surface area contributed by atoms with Gasteiger partial charge in [-0.25, -0.2) is 4.98 Å². The van der Waals surface area contributed by atoms with E-state index in [9.17, 15) is 4.79 Å². The van der Waals surface area contributed by atoms with Crippen LogP contribution in [0.2, 0.25) is 0 Å². The highest BCUT2D eigenvalue weighted by Crippen LogP contribution is 2.20. The first kappa shape index (κ1) is 18.6. The maximum Gasteiger partial charge on any atom is 0.241 e. The minimum absolute atomic E-state index is 0.125. The predicted octanol–water partition coefficient (Wildman–Crippen LogP) is 2.75. The summed E-state index contributed by atoms with van der Waals surface area (Å²) in [5.74, 6) is 1.48. The van der Waals surface area contributed by atoms with Crippen molar-refractivity contribution in [2.45, 2.75) is 45.2 Å². The molecule has 6 nitrogen and oxygen atoms in total. The SMILES string of the molecule is CC(C)c1nccn1Cc1cccc(NC(=O)C(N)C2CCOCC2)c1. The first-order valence-corrected chi connectivity index (χ1v) is 9.28. The van der Waals surface area contributed by atoms with Crippen LogP contribution in [-0.4, -0.2) is 34.7 Å². The Labute approximate surface area is 154 Å². The Morgan fingerprint density at radius 1 is 1.38 bits per heavy atom. The van der Waals surface area contributed by atoms with E-state index in [0.29, 0.717) is 19.1 Å². The third-order valence-electron chi connectivity index (χ3n) is 4.89. The van der Waals surface area contributed by atoms with Crippen LogP contribution in [0.3, 0.4) is 0 Å². The van der Waals surface area contributed by atoms with E-state index in [1.807, 2.05) is 30.6 Å². The van der Waals surface area contributed by atoms with Crippen LogP contribution in [0.4, 0.5) is 5.69 Å². The zero-order valence-corrected chi connectivity index (χ0v) is 15.5. The molecule has 0 spiro atoms. The number of aromatic nitrogens is 2. The van der Waals surface area contributed by atoms with Crippen LogP contribution in [0.5, 0.6) is 0 Å². The van der Waals surface area contributed by atoms with Gasteiger partial charge in [-0.1, -0.05) is 26.0 Å². The molecule has 0 saturated carbocycles. The Bertz CT molecular complexity index is 735. The molecule has 6 heteroatoms. The van der Waals surface area contributed by atoms with Crippen LogP contribution in [0.15, 0.2) is 36.7 Å². The Morgan fingerprint density at radius 3 is 2.88 bits per heavy atom. The molecule has 3 N–H and O–H groups in total. The fourth-order valence-electron chi connectivity index (χ4n) is 3.41. The third-order valence-corrected chi connectivity index (χ3v) is 4.89. The lowest BCUT2D eigenvalue weighted by Crippen LogP contribution is -2.44. The molecule has 140 valence electrons. The molecule has 2 aromatic rings. The first-order valence-electron chi connectivity index (χ1n) is 9.28. The number of imidazole rings is 1. The summed E-state index contributed by atoms with van der Waals surface area (Å²) in [5.41, 5.74) is 8.05. The van der Waals surface area contributed by atoms with Crippen molar-refractivity contribution in [1.29, 1.82) is 0 Å². The second kappa shape index (κ2) is 8.47. The minimum atomic E-state index is -0.497. The molecule has 0 bridgehead atoms. The van der Waals surface area contributed by atoms with Crippen molar-refractivity contribution < 1.29 is 9.53 Å². The standard InChI is InChI=1S/C20H28N4O2/c1-14(2)19-22-8-9-24(19)13-15-4-3-5-17(12-15)23-20(25)18(21)16-6-10-26-11-7-16/h3-5,8-9,12,14,16,18H,6-7,10-11,13,21H2,1-2H3,(H,23,25). The number of hydrogen-bond donors (Lipinski definition) is 2. The predicted molar refractivity (Wildman–Crippen MR) is 102 cm³/mol. The molecule has 0 aliphatic carbocycles. The Balaban J connectivity index is 1.65. The smallest absolute Gasteiger partial charge is 0.241 e. The van der Waals surface area contributed by atoms with Crippen molar-refractivity contribution in [2.75, 3.05) is 18.5 Å². The van der Waals surface area contributed by atoms with Gasteiger partial charge in [-0.2, -0.15) is 0 Å². The molecule has 1 fully saturated rings. The van der Waals surface area contributed by atoms with Gasteiger partial charge < -0.3 is 20.4 Å². The Morgan fingerprint density at radius 2 is 2.15 bits per heavy atom. The summed E-state index contributed by atoms with van der Waals surface area (Å²) in [5, 5.41) is 2.97. The van der Waals surface area contributed by atoms with Gasteiger partial charge in [0.2, 0.25) is 5.91 Å². The monoisotopic (exact) mass is 356 g/mol. The van der Waals surface area contributed by atoms with Crippen LogP contribution in [-0.2, 0) is 16.1 Å². The quantitative estimate of drug-likeness (QED) is 0.834. The molecule has 2 heterocycles. The molecule has 3 rings (SSSR count). The van der Waals surface area contributed by atoms with E-state index in [0.717, 1.165) is 36.5 Å². The van der Waals surface area contributed by atoms with Gasteiger partial charge in [-0.05, 0) is 36.5 Å². The summed E-state index contributed by atoms with van der Waals surface area (Å²) < 4.78 is 7.48. The summed E-state index contributed by atoms with van der Waals surface area (Å²) in [6.45, 7) is 6.36. The van der Waals surface area contributed by atoms with Crippen molar-refractivity contribution >= 4 is 11.6 Å². The molecular weight excluding hydrogens is 328 g/mol. The number of carbonyl (C=O) groups excluding carboxylic acids is 1. The highest BCUT2D eigenvalue weighted by Gasteiger charge is 2.26. The molecule has 0 radical (unpaired) electrons. The van der Waals surface area contributed by atoms with E-state index in [1.54, 1.807) is 0 Å². The molecule has 1 amide bonds. The van der Waals surface area contributed by atoms with E-state index in [1.165, 1.54) is 0 Å². The second-order valence-electron chi connectivity index (χ2n) is 7.23. The molecule has 1 aliphatic rings. The average Bonchev–Trinajstić information content (AvgIpc) is 3.10. The Kier molecular flexibility index (Phi) is 6.06. The topological polar surface area (TPSA) is 82.2 Å². The summed E-state index contributed by atoms with van der Waals surface area (Å²) in [6, 6.07) is 7.41. The second-order valence-corrected chi connectivity index (χ2v) is 7.23. The number of anilines is 1. The third kappa shape index (κ3) is 4.51. The lowest BCUT2D eigenvalue weighted by Gasteiger charge is -2.26. The number of nitrogens with zero attached hydrogens (tertiary/aromatic N) is 2. The van der Waals surface area contributed by atoms with Crippen LogP contribution in [0.25, 0.3) is 0 Å². The van der Waals surface area contributed by atoms with E-state index < -0.39 is 6.04 Å². The van der Waals surface area contributed by atoms with E-state index in [-0.39, 0.29) is 11.8 Å². The highest BCUT2D eigenvalue weighted by atomic mass is 16.5. The van der Waals surface area contributed by atoms with Crippen molar-refractivity contribution in [3.63, 3.8) is 0 Å². The molecular formula is C20H28N4O2. The Hall–Kier alpha value is -2.18. The van der Waals surface area contributed by atoms with Gasteiger partial charge in [-0.3, -0.25) is 4.79 Å². The maximum absolute atomic E-state index is 12.5. The number of hydrogen-bond acceptors (Lipinski definition) is 4. The van der Waals surface area contributed by atoms with Crippen molar-refractivity contribution in [3.8, 4) is 0 Å². The molecule has 1 aromatic carbocycles. The molecule has 1 unspecified atom stereocenters. The number of nitrogens with two attached hydrogens (primary N) is 1. The van der Waals surface area contributed by atoms with Gasteiger partial charge in [-0.15, -0.1) is 0 Å². The maximum atomic E-state index is 12.5. The summed E-state index contributed by atoms with van der Waals surface area (Å²) in [7, 11) is 0. The lowest BCUT2D eigenvalue weighted by molar-refractivity contribution is -0.119. The van der Waals surface area contributed by atoms with Crippen LogP contribution in [0, 0.1) is 5.92 Å². The van der Waals surface area contributed by atoms with E-state index in [2.05, 4.69) is 34.8 Å². The first-order chi connectivity index (χ1) is 12.5. The number of amides is 1. The molecule has 1 saturated heterocycles. The number of benzene rings is 1. The van der Waals surface area contributed by atoms with Gasteiger partial charge in [0, 0.05) is 43.8 Å². The highest BCUT2D eigenvalue weighted by molar-refractivity contribution is 5.94. The average molecular weight is 356 g/mol. The molecule has 1 atom stereocenters. The molecule has 1 aromatic heterocycles. The number of nitrogens with one attached hydrogen (secondary N) is 1. The zero-order valence-electron chi connectivity index (χ0n) is 15.5. The van der Waals surface area contributed by atoms with Crippen LogP contribution < -0.4 is 11.1 Å². The summed E-state index contributed by atoms with van der Waals surface area (Å²) >= 11 is 0. The minimum Gasteiger partial charge on any atom is -0.381 e. The van der Waals surface area contributed by atoms with Crippen LogP contribution >= 0.6 is 0 Å². The fraction of sp³-hybridized carbons (Fsp3) is 0.500. The number of ether oxygens (including phenoxy) is 1. The van der Waals surface area contributed by atoms with Gasteiger partial charge in [0.05, 0.1) is 6.04 Å². The van der Waals surface area contributed by atoms with Crippen molar-refractivity contribution in [2.24, 2.45) is 11.7 Å². The van der Waals surface area contributed by atoms with Crippen molar-refractivity contribution in [3.05, 3.63) is 48.0 Å². The molecule has 1 aliphatic heterocycles. The van der Waals surface area contributed by atoms with Gasteiger partial charge >= 0.3 is 0 Å². The number of carbonyl (C=O) groups is 1. The number of rotatable bonds is 6. The lowest BCUT2D eigenvalue weighted by atomic mass is 9.92. The summed E-state index contributed by atoms with van der Waals surface area (Å²) in [4.78, 5) is 16.9. The molecule has 26 heavy (non-hydrogen) atoms. The zero-order chi connectivity index (χ0) is 18.5. The van der Waals surface area contributed by atoms with Crippen LogP contribution in [0.1, 0.15) is 44.0 Å². The normalized spacial score (nSPS) is 16.6. The fourth-order valence-corrected chi connectivity index (χ4v) is 3.41. The van der Waals surface area contributed by atoms with Gasteiger partial charge in [0.1, 0.15) is 5.82 Å². The van der Waals surface area contributed by atoms with E-state index in [4.69, 9.17) is 10.5 Å². The summed E-state index contributed by atoms with van der Waals surface area (Å²) in [6.07, 6.45) is 5.50. The van der Waals surface area contributed by atoms with Crippen molar-refractivity contribution in [1.82, 2.24) is 9.55 Å². The van der Waals surface area contributed by atoms with Gasteiger partial charge in [0.15, 0.2) is 0 Å². The van der Waals surface area contributed by atoms with E-state index >= 15 is 0 Å². The largest absolute Gasteiger partial charge is 0.381 e. The van der Waals surface area contributed by atoms with Gasteiger partial charge in [0.25, 0.3) is 0 Å².